The highest BCUT2D eigenvalue weighted by molar-refractivity contribution is 5.88. The number of rotatable bonds is 5. The van der Waals surface area contributed by atoms with Gasteiger partial charge in [-0.2, -0.15) is 0 Å². The zero-order chi connectivity index (χ0) is 13.5. The molecule has 0 saturated carbocycles. The van der Waals surface area contributed by atoms with Crippen LogP contribution in [0.3, 0.4) is 0 Å². The van der Waals surface area contributed by atoms with Crippen molar-refractivity contribution in [3.63, 3.8) is 0 Å². The number of carbonyl (C=O) groups excluding carboxylic acids is 3. The minimum atomic E-state index is -0.386. The third-order valence-corrected chi connectivity index (χ3v) is 2.88. The third-order valence-electron chi connectivity index (χ3n) is 2.88. The third kappa shape index (κ3) is 4.33. The monoisotopic (exact) mass is 256 g/mol. The van der Waals surface area contributed by atoms with E-state index in [1.165, 1.54) is 4.90 Å². The van der Waals surface area contributed by atoms with Gasteiger partial charge in [0, 0.05) is 20.1 Å². The Morgan fingerprint density at radius 3 is 2.44 bits per heavy atom. The van der Waals surface area contributed by atoms with E-state index in [0.29, 0.717) is 0 Å². The van der Waals surface area contributed by atoms with Gasteiger partial charge in [0.25, 0.3) is 0 Å². The van der Waals surface area contributed by atoms with E-state index in [2.05, 4.69) is 5.32 Å². The molecule has 0 aromatic rings. The summed E-state index contributed by atoms with van der Waals surface area (Å²) in [6.07, 6.45) is 2.05. The zero-order valence-electron chi connectivity index (χ0n) is 10.6. The lowest BCUT2D eigenvalue weighted by Gasteiger charge is -2.21. The lowest BCUT2D eigenvalue weighted by molar-refractivity contribution is -0.138. The fraction of sp³-hybridized carbons (Fsp3) is 0.727. The first-order chi connectivity index (χ1) is 8.54. The summed E-state index contributed by atoms with van der Waals surface area (Å²) in [5.74, 6) is -0.736. The van der Waals surface area contributed by atoms with Crippen LogP contribution in [0.1, 0.15) is 12.8 Å². The van der Waals surface area contributed by atoms with Crippen LogP contribution in [0.25, 0.3) is 0 Å². The molecule has 0 unspecified atom stereocenters. The molecule has 1 aliphatic rings. The molecule has 3 N–H and O–H groups in total. The van der Waals surface area contributed by atoms with Gasteiger partial charge in [0.2, 0.25) is 17.7 Å². The zero-order valence-corrected chi connectivity index (χ0v) is 10.6. The molecule has 1 saturated heterocycles. The number of nitrogens with zero attached hydrogens (tertiary/aromatic N) is 2. The number of hydrogen-bond donors (Lipinski definition) is 2. The number of nitrogens with two attached hydrogens (primary N) is 1. The standard InChI is InChI=1S/C11H20N4O3/c1-14(10(17)7-13-9(16)6-12)8-11(18)15-4-2-3-5-15/h2-8,12H2,1H3,(H,13,16). The van der Waals surface area contributed by atoms with Gasteiger partial charge in [-0.3, -0.25) is 14.4 Å². The molecule has 102 valence electrons. The van der Waals surface area contributed by atoms with E-state index >= 15 is 0 Å². The Morgan fingerprint density at radius 1 is 1.28 bits per heavy atom. The molecule has 0 aliphatic carbocycles. The first kappa shape index (κ1) is 14.4. The Bertz CT molecular complexity index is 326. The Morgan fingerprint density at radius 2 is 1.89 bits per heavy atom. The Labute approximate surface area is 106 Å². The van der Waals surface area contributed by atoms with Crippen LogP contribution >= 0.6 is 0 Å². The van der Waals surface area contributed by atoms with Gasteiger partial charge in [-0.25, -0.2) is 0 Å². The minimum absolute atomic E-state index is 0.0477. The molecule has 0 aromatic carbocycles. The highest BCUT2D eigenvalue weighted by Crippen LogP contribution is 2.07. The van der Waals surface area contributed by atoms with Crippen LogP contribution in [-0.4, -0.2) is 67.3 Å². The van der Waals surface area contributed by atoms with Crippen LogP contribution in [0, 0.1) is 0 Å². The maximum absolute atomic E-state index is 11.8. The van der Waals surface area contributed by atoms with E-state index < -0.39 is 0 Å². The number of likely N-dealkylation sites (tertiary alicyclic amines) is 1. The second-order valence-corrected chi connectivity index (χ2v) is 4.32. The molecule has 1 fully saturated rings. The van der Waals surface area contributed by atoms with Crippen molar-refractivity contribution in [2.24, 2.45) is 5.73 Å². The topological polar surface area (TPSA) is 95.7 Å². The van der Waals surface area contributed by atoms with E-state index in [-0.39, 0.29) is 37.4 Å². The molecule has 0 spiro atoms. The summed E-state index contributed by atoms with van der Waals surface area (Å²) < 4.78 is 0. The average molecular weight is 256 g/mol. The normalized spacial score (nSPS) is 14.4. The molecule has 7 nitrogen and oxygen atoms in total. The van der Waals surface area contributed by atoms with E-state index in [1.54, 1.807) is 11.9 Å². The summed E-state index contributed by atoms with van der Waals surface area (Å²) in [5.41, 5.74) is 5.10. The van der Waals surface area contributed by atoms with Crippen LogP contribution in [0.4, 0.5) is 0 Å². The average Bonchev–Trinajstić information content (AvgIpc) is 2.89. The van der Waals surface area contributed by atoms with Crippen molar-refractivity contribution in [3.05, 3.63) is 0 Å². The molecule has 0 bridgehead atoms. The van der Waals surface area contributed by atoms with Crippen molar-refractivity contribution in [1.82, 2.24) is 15.1 Å². The van der Waals surface area contributed by atoms with Crippen LogP contribution in [0.5, 0.6) is 0 Å². The second-order valence-electron chi connectivity index (χ2n) is 4.32. The first-order valence-electron chi connectivity index (χ1n) is 6.03. The lowest BCUT2D eigenvalue weighted by atomic mass is 10.4. The highest BCUT2D eigenvalue weighted by Gasteiger charge is 2.21. The summed E-state index contributed by atoms with van der Waals surface area (Å²) in [4.78, 5) is 37.3. The first-order valence-corrected chi connectivity index (χ1v) is 6.03. The van der Waals surface area contributed by atoms with Crippen molar-refractivity contribution in [2.75, 3.05) is 39.8 Å². The number of amides is 3. The van der Waals surface area contributed by atoms with Crippen molar-refractivity contribution in [1.29, 1.82) is 0 Å². The predicted molar refractivity (Wildman–Crippen MR) is 65.5 cm³/mol. The van der Waals surface area contributed by atoms with E-state index in [4.69, 9.17) is 5.73 Å². The predicted octanol–water partition coefficient (Wildman–Crippen LogP) is -1.86. The molecule has 1 aliphatic heterocycles. The van der Waals surface area contributed by atoms with Gasteiger partial charge in [0.15, 0.2) is 0 Å². The van der Waals surface area contributed by atoms with E-state index in [9.17, 15) is 14.4 Å². The molecule has 18 heavy (non-hydrogen) atoms. The molecular formula is C11H20N4O3. The summed E-state index contributed by atoms with van der Waals surface area (Å²) in [7, 11) is 1.55. The molecule has 0 radical (unpaired) electrons. The Hall–Kier alpha value is -1.63. The van der Waals surface area contributed by atoms with Gasteiger partial charge in [0.05, 0.1) is 19.6 Å². The summed E-state index contributed by atoms with van der Waals surface area (Å²) in [6.45, 7) is 1.32. The number of nitrogens with one attached hydrogen (secondary N) is 1. The van der Waals surface area contributed by atoms with Gasteiger partial charge < -0.3 is 20.9 Å². The van der Waals surface area contributed by atoms with E-state index in [0.717, 1.165) is 25.9 Å². The van der Waals surface area contributed by atoms with Crippen LogP contribution in [-0.2, 0) is 14.4 Å². The van der Waals surface area contributed by atoms with Gasteiger partial charge in [-0.1, -0.05) is 0 Å². The molecule has 1 rings (SSSR count). The SMILES string of the molecule is CN(CC(=O)N1CCCC1)C(=O)CNC(=O)CN. The summed E-state index contributed by atoms with van der Waals surface area (Å²) in [6, 6.07) is 0. The Balaban J connectivity index is 2.30. The molecule has 7 heteroatoms. The van der Waals surface area contributed by atoms with E-state index in [1.807, 2.05) is 0 Å². The maximum atomic E-state index is 11.8. The van der Waals surface area contributed by atoms with Gasteiger partial charge >= 0.3 is 0 Å². The second kappa shape index (κ2) is 6.95. The Kier molecular flexibility index (Phi) is 5.57. The fourth-order valence-electron chi connectivity index (χ4n) is 1.74. The lowest BCUT2D eigenvalue weighted by Crippen LogP contribution is -2.44. The molecule has 0 aromatic heterocycles. The number of hydrogen-bond acceptors (Lipinski definition) is 4. The molecular weight excluding hydrogens is 236 g/mol. The quantitative estimate of drug-likeness (QED) is 0.603. The van der Waals surface area contributed by atoms with Crippen molar-refractivity contribution in [3.8, 4) is 0 Å². The smallest absolute Gasteiger partial charge is 0.242 e. The van der Waals surface area contributed by atoms with Crippen LogP contribution in [0.2, 0.25) is 0 Å². The molecule has 1 heterocycles. The van der Waals surface area contributed by atoms with Gasteiger partial charge in [0.1, 0.15) is 0 Å². The minimum Gasteiger partial charge on any atom is -0.346 e. The van der Waals surface area contributed by atoms with Crippen molar-refractivity contribution >= 4 is 17.7 Å². The van der Waals surface area contributed by atoms with Crippen molar-refractivity contribution < 1.29 is 14.4 Å². The summed E-state index contributed by atoms with van der Waals surface area (Å²) >= 11 is 0. The largest absolute Gasteiger partial charge is 0.346 e. The highest BCUT2D eigenvalue weighted by atomic mass is 16.2. The molecule has 0 atom stereocenters. The summed E-state index contributed by atoms with van der Waals surface area (Å²) in [5, 5.41) is 2.38. The fourth-order valence-corrected chi connectivity index (χ4v) is 1.74. The number of likely N-dealkylation sites (N-methyl/N-ethyl adjacent to an activating group) is 1. The molecule has 3 amide bonds. The number of carbonyl (C=O) groups is 3. The van der Waals surface area contributed by atoms with Crippen LogP contribution in [0.15, 0.2) is 0 Å². The van der Waals surface area contributed by atoms with Gasteiger partial charge in [-0.05, 0) is 12.8 Å². The van der Waals surface area contributed by atoms with Gasteiger partial charge in [-0.15, -0.1) is 0 Å². The van der Waals surface area contributed by atoms with Crippen molar-refractivity contribution in [2.45, 2.75) is 12.8 Å². The maximum Gasteiger partial charge on any atom is 0.242 e. The van der Waals surface area contributed by atoms with Crippen LogP contribution < -0.4 is 11.1 Å².